The molecule has 0 bridgehead atoms. The molecule has 3 N–H and O–H groups in total. The molecule has 0 aliphatic rings. The summed E-state index contributed by atoms with van der Waals surface area (Å²) < 4.78 is 0. The fourth-order valence-electron chi connectivity index (χ4n) is 2.42. The molecule has 130 valence electrons. The van der Waals surface area contributed by atoms with Gasteiger partial charge in [-0.3, -0.25) is 9.59 Å². The number of hydrogen-bond donors (Lipinski definition) is 3. The minimum absolute atomic E-state index is 0.0149. The summed E-state index contributed by atoms with van der Waals surface area (Å²) in [4.78, 5) is 24.3. The van der Waals surface area contributed by atoms with Crippen LogP contribution in [0.3, 0.4) is 0 Å². The number of hydrogen-bond acceptors (Lipinski definition) is 3. The maximum atomic E-state index is 12.2. The van der Waals surface area contributed by atoms with Crippen LogP contribution in [0.15, 0.2) is 78.9 Å². The first kappa shape index (κ1) is 17.2. The van der Waals surface area contributed by atoms with E-state index < -0.39 is 0 Å². The van der Waals surface area contributed by atoms with Crippen LogP contribution in [0, 0.1) is 0 Å². The van der Waals surface area contributed by atoms with Crippen LogP contribution in [-0.4, -0.2) is 16.9 Å². The summed E-state index contributed by atoms with van der Waals surface area (Å²) in [5.41, 5.74) is 2.31. The summed E-state index contributed by atoms with van der Waals surface area (Å²) in [6.07, 6.45) is 0. The molecule has 0 saturated carbocycles. The number of rotatable bonds is 5. The highest BCUT2D eigenvalue weighted by Gasteiger charge is 2.09. The smallest absolute Gasteiger partial charge is 0.255 e. The molecule has 0 atom stereocenters. The van der Waals surface area contributed by atoms with Gasteiger partial charge in [0, 0.05) is 17.7 Å². The topological polar surface area (TPSA) is 78.4 Å². The van der Waals surface area contributed by atoms with Crippen molar-refractivity contribution in [3.8, 4) is 5.75 Å². The molecule has 3 aromatic rings. The number of carbonyl (C=O) groups is 2. The van der Waals surface area contributed by atoms with Crippen molar-refractivity contribution in [2.24, 2.45) is 0 Å². The third kappa shape index (κ3) is 4.27. The number of benzene rings is 3. The van der Waals surface area contributed by atoms with E-state index in [1.165, 1.54) is 6.07 Å². The number of aromatic hydroxyl groups is 1. The molecule has 0 aliphatic carbocycles. The molecule has 0 aromatic heterocycles. The summed E-state index contributed by atoms with van der Waals surface area (Å²) >= 11 is 0. The van der Waals surface area contributed by atoms with E-state index in [0.29, 0.717) is 23.4 Å². The van der Waals surface area contributed by atoms with E-state index in [0.717, 1.165) is 5.56 Å². The van der Waals surface area contributed by atoms with Crippen LogP contribution < -0.4 is 10.6 Å². The molecule has 0 heterocycles. The Hall–Kier alpha value is -3.60. The minimum atomic E-state index is -0.314. The van der Waals surface area contributed by atoms with Crippen molar-refractivity contribution in [1.29, 1.82) is 0 Å². The highest BCUT2D eigenvalue weighted by Crippen LogP contribution is 2.22. The van der Waals surface area contributed by atoms with E-state index in [4.69, 9.17) is 0 Å². The zero-order valence-electron chi connectivity index (χ0n) is 14.0. The van der Waals surface area contributed by atoms with Gasteiger partial charge in [-0.15, -0.1) is 0 Å². The van der Waals surface area contributed by atoms with Gasteiger partial charge in [0.15, 0.2) is 0 Å². The van der Waals surface area contributed by atoms with Gasteiger partial charge in [-0.1, -0.05) is 42.5 Å². The van der Waals surface area contributed by atoms with Crippen molar-refractivity contribution in [3.05, 3.63) is 95.6 Å². The Morgan fingerprint density at radius 3 is 2.04 bits per heavy atom. The van der Waals surface area contributed by atoms with Crippen LogP contribution in [0.25, 0.3) is 0 Å². The molecule has 0 saturated heterocycles. The van der Waals surface area contributed by atoms with E-state index >= 15 is 0 Å². The van der Waals surface area contributed by atoms with E-state index in [2.05, 4.69) is 10.6 Å². The maximum absolute atomic E-state index is 12.2. The third-order valence-corrected chi connectivity index (χ3v) is 3.86. The zero-order chi connectivity index (χ0) is 18.4. The zero-order valence-corrected chi connectivity index (χ0v) is 14.0. The molecule has 0 aliphatic heterocycles. The second-order valence-electron chi connectivity index (χ2n) is 5.72. The van der Waals surface area contributed by atoms with Crippen LogP contribution >= 0.6 is 0 Å². The predicted molar refractivity (Wildman–Crippen MR) is 100 cm³/mol. The van der Waals surface area contributed by atoms with Gasteiger partial charge in [0.2, 0.25) is 0 Å². The summed E-state index contributed by atoms with van der Waals surface area (Å²) in [7, 11) is 0. The van der Waals surface area contributed by atoms with Crippen molar-refractivity contribution in [1.82, 2.24) is 5.32 Å². The first-order valence-corrected chi connectivity index (χ1v) is 8.15. The van der Waals surface area contributed by atoms with Gasteiger partial charge in [0.1, 0.15) is 5.75 Å². The highest BCUT2D eigenvalue weighted by atomic mass is 16.3. The SMILES string of the molecule is O=C(NCc1ccc(C(=O)Nc2ccccc2O)cc1)c1ccccc1. The average molecular weight is 346 g/mol. The molecule has 2 amide bonds. The van der Waals surface area contributed by atoms with E-state index in [-0.39, 0.29) is 17.6 Å². The van der Waals surface area contributed by atoms with Gasteiger partial charge >= 0.3 is 0 Å². The first-order chi connectivity index (χ1) is 12.6. The molecule has 3 rings (SSSR count). The van der Waals surface area contributed by atoms with Gasteiger partial charge in [0.05, 0.1) is 5.69 Å². The average Bonchev–Trinajstić information content (AvgIpc) is 2.69. The second kappa shape index (κ2) is 7.98. The molecule has 26 heavy (non-hydrogen) atoms. The predicted octanol–water partition coefficient (Wildman–Crippen LogP) is 3.57. The summed E-state index contributed by atoms with van der Waals surface area (Å²) in [5.74, 6) is -0.445. The summed E-state index contributed by atoms with van der Waals surface area (Å²) in [6.45, 7) is 0.370. The Bertz CT molecular complexity index is 906. The maximum Gasteiger partial charge on any atom is 0.255 e. The lowest BCUT2D eigenvalue weighted by atomic mass is 10.1. The molecule has 0 fully saturated rings. The standard InChI is InChI=1S/C21H18N2O3/c24-19-9-5-4-8-18(19)23-21(26)17-12-10-15(11-13-17)14-22-20(25)16-6-2-1-3-7-16/h1-13,24H,14H2,(H,22,25)(H,23,26). The number of nitrogens with one attached hydrogen (secondary N) is 2. The van der Waals surface area contributed by atoms with Gasteiger partial charge in [-0.2, -0.15) is 0 Å². The number of carbonyl (C=O) groups excluding carboxylic acids is 2. The lowest BCUT2D eigenvalue weighted by Gasteiger charge is -2.08. The molecule has 3 aromatic carbocycles. The number of amides is 2. The lowest BCUT2D eigenvalue weighted by molar-refractivity contribution is 0.0950. The number of anilines is 1. The highest BCUT2D eigenvalue weighted by molar-refractivity contribution is 6.05. The van der Waals surface area contributed by atoms with E-state index in [1.54, 1.807) is 54.6 Å². The van der Waals surface area contributed by atoms with Crippen LogP contribution in [0.1, 0.15) is 26.3 Å². The summed E-state index contributed by atoms with van der Waals surface area (Å²) in [5, 5.41) is 15.2. The Balaban J connectivity index is 1.59. The molecule has 0 unspecified atom stereocenters. The fraction of sp³-hybridized carbons (Fsp3) is 0.0476. The van der Waals surface area contributed by atoms with Crippen molar-refractivity contribution in [2.45, 2.75) is 6.54 Å². The van der Waals surface area contributed by atoms with Crippen molar-refractivity contribution in [2.75, 3.05) is 5.32 Å². The second-order valence-corrected chi connectivity index (χ2v) is 5.72. The van der Waals surface area contributed by atoms with Crippen LogP contribution in [-0.2, 0) is 6.54 Å². The molecule has 5 nitrogen and oxygen atoms in total. The van der Waals surface area contributed by atoms with Crippen LogP contribution in [0.5, 0.6) is 5.75 Å². The lowest BCUT2D eigenvalue weighted by Crippen LogP contribution is -2.22. The monoisotopic (exact) mass is 346 g/mol. The Morgan fingerprint density at radius 2 is 1.35 bits per heavy atom. The van der Waals surface area contributed by atoms with Gasteiger partial charge in [0.25, 0.3) is 11.8 Å². The van der Waals surface area contributed by atoms with E-state index in [9.17, 15) is 14.7 Å². The Kier molecular flexibility index (Phi) is 5.29. The van der Waals surface area contributed by atoms with Crippen LogP contribution in [0.4, 0.5) is 5.69 Å². The van der Waals surface area contributed by atoms with Gasteiger partial charge < -0.3 is 15.7 Å². The van der Waals surface area contributed by atoms with Crippen LogP contribution in [0.2, 0.25) is 0 Å². The van der Waals surface area contributed by atoms with Crippen molar-refractivity contribution >= 4 is 17.5 Å². The first-order valence-electron chi connectivity index (χ1n) is 8.15. The number of para-hydroxylation sites is 2. The summed E-state index contributed by atoms with van der Waals surface area (Å²) in [6, 6.07) is 22.5. The Morgan fingerprint density at radius 1 is 0.731 bits per heavy atom. The normalized spacial score (nSPS) is 10.2. The molecular formula is C21H18N2O3. The molecule has 0 spiro atoms. The number of phenolic OH excluding ortho intramolecular Hbond substituents is 1. The fourth-order valence-corrected chi connectivity index (χ4v) is 2.42. The minimum Gasteiger partial charge on any atom is -0.506 e. The number of phenols is 1. The van der Waals surface area contributed by atoms with Crippen molar-refractivity contribution < 1.29 is 14.7 Å². The molecular weight excluding hydrogens is 328 g/mol. The van der Waals surface area contributed by atoms with Gasteiger partial charge in [-0.05, 0) is 42.0 Å². The third-order valence-electron chi connectivity index (χ3n) is 3.86. The van der Waals surface area contributed by atoms with Gasteiger partial charge in [-0.25, -0.2) is 0 Å². The molecule has 0 radical (unpaired) electrons. The molecule has 5 heteroatoms. The van der Waals surface area contributed by atoms with E-state index in [1.807, 2.05) is 18.2 Å². The van der Waals surface area contributed by atoms with Crippen molar-refractivity contribution in [3.63, 3.8) is 0 Å². The quantitative estimate of drug-likeness (QED) is 0.618. The largest absolute Gasteiger partial charge is 0.506 e. The Labute approximate surface area is 151 Å².